The zero-order chi connectivity index (χ0) is 13.7. The molecule has 1 unspecified atom stereocenters. The van der Waals surface area contributed by atoms with E-state index in [9.17, 15) is 13.2 Å². The van der Waals surface area contributed by atoms with Crippen LogP contribution in [0.3, 0.4) is 0 Å². The Morgan fingerprint density at radius 3 is 2.42 bits per heavy atom. The molecule has 1 aliphatic rings. The summed E-state index contributed by atoms with van der Waals surface area (Å²) in [5.74, 6) is 3.44. The average molecular weight is 308 g/mol. The van der Waals surface area contributed by atoms with Gasteiger partial charge in [0.1, 0.15) is 6.04 Å². The summed E-state index contributed by atoms with van der Waals surface area (Å²) < 4.78 is 39.4. The summed E-state index contributed by atoms with van der Waals surface area (Å²) in [5, 5.41) is 2.72. The van der Waals surface area contributed by atoms with Crippen molar-refractivity contribution in [1.82, 2.24) is 10.3 Å². The van der Waals surface area contributed by atoms with Crippen molar-refractivity contribution in [2.24, 2.45) is 0 Å². The summed E-state index contributed by atoms with van der Waals surface area (Å²) in [4.78, 5) is 3.84. The molecule has 0 saturated carbocycles. The molecular weight excluding hydrogens is 293 g/mol. The lowest BCUT2D eigenvalue weighted by molar-refractivity contribution is -0.159. The van der Waals surface area contributed by atoms with Gasteiger partial charge < -0.3 is 0 Å². The van der Waals surface area contributed by atoms with E-state index in [1.165, 1.54) is 12.3 Å². The Morgan fingerprint density at radius 2 is 1.89 bits per heavy atom. The van der Waals surface area contributed by atoms with Gasteiger partial charge in [0.05, 0.1) is 5.69 Å². The average Bonchev–Trinajstić information content (AvgIpc) is 2.64. The third-order valence-electron chi connectivity index (χ3n) is 2.72. The SMILES string of the molecule is FC(F)(F)C(NC1CSCCSC1)c1ccccn1. The third-order valence-corrected chi connectivity index (χ3v) is 5.24. The van der Waals surface area contributed by atoms with Crippen LogP contribution < -0.4 is 5.32 Å². The first kappa shape index (κ1) is 15.0. The molecular formula is C12H15F3N2S2. The monoisotopic (exact) mass is 308 g/mol. The summed E-state index contributed by atoms with van der Waals surface area (Å²) in [6.07, 6.45) is -2.93. The lowest BCUT2D eigenvalue weighted by atomic mass is 10.1. The van der Waals surface area contributed by atoms with Crippen molar-refractivity contribution in [3.63, 3.8) is 0 Å². The highest BCUT2D eigenvalue weighted by atomic mass is 32.2. The number of nitrogens with zero attached hydrogens (tertiary/aromatic N) is 1. The maximum atomic E-state index is 13.1. The summed E-state index contributed by atoms with van der Waals surface area (Å²) >= 11 is 3.40. The van der Waals surface area contributed by atoms with Gasteiger partial charge in [0.2, 0.25) is 0 Å². The van der Waals surface area contributed by atoms with Crippen LogP contribution in [0.25, 0.3) is 0 Å². The molecule has 1 aromatic rings. The first-order chi connectivity index (χ1) is 9.07. The quantitative estimate of drug-likeness (QED) is 0.927. The van der Waals surface area contributed by atoms with Crippen LogP contribution in [0.4, 0.5) is 13.2 Å². The second-order valence-corrected chi connectivity index (χ2v) is 6.54. The maximum Gasteiger partial charge on any atom is 0.409 e. The number of halogens is 3. The van der Waals surface area contributed by atoms with Gasteiger partial charge in [0.25, 0.3) is 0 Å². The molecule has 0 spiro atoms. The van der Waals surface area contributed by atoms with Gasteiger partial charge in [-0.2, -0.15) is 36.7 Å². The zero-order valence-corrected chi connectivity index (χ0v) is 11.8. The molecule has 7 heteroatoms. The minimum Gasteiger partial charge on any atom is -0.297 e. The summed E-state index contributed by atoms with van der Waals surface area (Å²) in [7, 11) is 0. The molecule has 1 aromatic heterocycles. The van der Waals surface area contributed by atoms with E-state index in [-0.39, 0.29) is 11.7 Å². The second-order valence-electron chi connectivity index (χ2n) is 4.24. The van der Waals surface area contributed by atoms with Crippen molar-refractivity contribution < 1.29 is 13.2 Å². The van der Waals surface area contributed by atoms with Crippen molar-refractivity contribution in [3.05, 3.63) is 30.1 Å². The number of hydrogen-bond donors (Lipinski definition) is 1. The van der Waals surface area contributed by atoms with Gasteiger partial charge in [0.15, 0.2) is 0 Å². The number of nitrogens with one attached hydrogen (secondary N) is 1. The van der Waals surface area contributed by atoms with Gasteiger partial charge in [-0.15, -0.1) is 0 Å². The molecule has 2 heterocycles. The van der Waals surface area contributed by atoms with Crippen molar-refractivity contribution in [2.45, 2.75) is 18.3 Å². The molecule has 0 bridgehead atoms. The topological polar surface area (TPSA) is 24.9 Å². The Balaban J connectivity index is 2.10. The Kier molecular flexibility index (Phi) is 5.41. The van der Waals surface area contributed by atoms with E-state index in [1.54, 1.807) is 35.7 Å². The fourth-order valence-corrected chi connectivity index (χ4v) is 4.27. The molecule has 1 atom stereocenters. The van der Waals surface area contributed by atoms with E-state index in [1.807, 2.05) is 0 Å². The lowest BCUT2D eigenvalue weighted by Gasteiger charge is -2.26. The number of alkyl halides is 3. The Bertz CT molecular complexity index is 378. The molecule has 0 aromatic carbocycles. The van der Waals surface area contributed by atoms with Crippen LogP contribution >= 0.6 is 23.5 Å². The highest BCUT2D eigenvalue weighted by Crippen LogP contribution is 2.32. The first-order valence-corrected chi connectivity index (χ1v) is 8.27. The van der Waals surface area contributed by atoms with Crippen molar-refractivity contribution in [1.29, 1.82) is 0 Å². The van der Waals surface area contributed by atoms with Crippen LogP contribution in [0.5, 0.6) is 0 Å². The van der Waals surface area contributed by atoms with Crippen LogP contribution in [0.15, 0.2) is 24.4 Å². The Labute approximate surface area is 118 Å². The van der Waals surface area contributed by atoms with Gasteiger partial charge >= 0.3 is 6.18 Å². The molecule has 0 amide bonds. The number of thioether (sulfide) groups is 2. The normalized spacial score (nSPS) is 19.9. The fraction of sp³-hybridized carbons (Fsp3) is 0.583. The number of aromatic nitrogens is 1. The summed E-state index contributed by atoms with van der Waals surface area (Å²) in [6, 6.07) is 2.81. The first-order valence-electron chi connectivity index (χ1n) is 5.96. The van der Waals surface area contributed by atoms with Gasteiger partial charge in [-0.25, -0.2) is 0 Å². The van der Waals surface area contributed by atoms with Crippen LogP contribution in [0, 0.1) is 0 Å². The fourth-order valence-electron chi connectivity index (χ4n) is 1.84. The molecule has 1 fully saturated rings. The molecule has 0 radical (unpaired) electrons. The minimum atomic E-state index is -4.32. The number of pyridine rings is 1. The predicted octanol–water partition coefficient (Wildman–Crippen LogP) is 3.12. The van der Waals surface area contributed by atoms with Gasteiger partial charge in [-0.1, -0.05) is 6.07 Å². The van der Waals surface area contributed by atoms with E-state index in [0.29, 0.717) is 11.5 Å². The molecule has 2 nitrogen and oxygen atoms in total. The molecule has 1 N–H and O–H groups in total. The van der Waals surface area contributed by atoms with E-state index in [2.05, 4.69) is 10.3 Å². The Hall–Kier alpha value is -0.400. The zero-order valence-electron chi connectivity index (χ0n) is 10.2. The molecule has 1 aliphatic heterocycles. The van der Waals surface area contributed by atoms with Gasteiger partial charge in [-0.3, -0.25) is 10.3 Å². The van der Waals surface area contributed by atoms with Crippen LogP contribution in [-0.4, -0.2) is 40.2 Å². The van der Waals surface area contributed by atoms with Crippen molar-refractivity contribution in [2.75, 3.05) is 23.0 Å². The van der Waals surface area contributed by atoms with Crippen LogP contribution in [-0.2, 0) is 0 Å². The molecule has 0 aliphatic carbocycles. The minimum absolute atomic E-state index is 0.0363. The predicted molar refractivity (Wildman–Crippen MR) is 74.6 cm³/mol. The van der Waals surface area contributed by atoms with E-state index >= 15 is 0 Å². The van der Waals surface area contributed by atoms with Crippen molar-refractivity contribution in [3.8, 4) is 0 Å². The number of hydrogen-bond acceptors (Lipinski definition) is 4. The van der Waals surface area contributed by atoms with Crippen LogP contribution in [0.2, 0.25) is 0 Å². The third kappa shape index (κ3) is 4.57. The van der Waals surface area contributed by atoms with Gasteiger partial charge in [-0.05, 0) is 12.1 Å². The van der Waals surface area contributed by atoms with E-state index in [0.717, 1.165) is 11.5 Å². The van der Waals surface area contributed by atoms with Crippen molar-refractivity contribution >= 4 is 23.5 Å². The van der Waals surface area contributed by atoms with Crippen LogP contribution in [0.1, 0.15) is 11.7 Å². The Morgan fingerprint density at radius 1 is 1.21 bits per heavy atom. The standard InChI is InChI=1S/C12H15F3N2S2/c13-12(14,15)11(10-3-1-2-4-16-10)17-9-7-18-5-6-19-8-9/h1-4,9,11,17H,5-8H2. The highest BCUT2D eigenvalue weighted by molar-refractivity contribution is 8.03. The summed E-state index contributed by atoms with van der Waals surface area (Å²) in [6.45, 7) is 0. The van der Waals surface area contributed by atoms with Gasteiger partial charge in [0, 0.05) is 35.3 Å². The largest absolute Gasteiger partial charge is 0.409 e. The highest BCUT2D eigenvalue weighted by Gasteiger charge is 2.42. The molecule has 2 rings (SSSR count). The molecule has 1 saturated heterocycles. The van der Waals surface area contributed by atoms with E-state index in [4.69, 9.17) is 0 Å². The number of rotatable bonds is 3. The van der Waals surface area contributed by atoms with E-state index < -0.39 is 12.2 Å². The second kappa shape index (κ2) is 6.85. The smallest absolute Gasteiger partial charge is 0.297 e. The summed E-state index contributed by atoms with van der Waals surface area (Å²) in [5.41, 5.74) is 0.0363. The molecule has 106 valence electrons. The molecule has 19 heavy (non-hydrogen) atoms. The lowest BCUT2D eigenvalue weighted by Crippen LogP contribution is -2.43. The maximum absolute atomic E-state index is 13.1.